The molecule has 0 aromatic heterocycles. The van der Waals surface area contributed by atoms with Gasteiger partial charge in [0.05, 0.1) is 0 Å². The van der Waals surface area contributed by atoms with Crippen molar-refractivity contribution >= 4 is 39.9 Å². The first-order valence-electron chi connectivity index (χ1n) is 12.0. The summed E-state index contributed by atoms with van der Waals surface area (Å²) in [6.45, 7) is 3.04. The van der Waals surface area contributed by atoms with Crippen molar-refractivity contribution in [3.8, 4) is 0 Å². The quantitative estimate of drug-likeness (QED) is 0.569. The van der Waals surface area contributed by atoms with Crippen LogP contribution in [0.2, 0.25) is 0 Å². The van der Waals surface area contributed by atoms with Gasteiger partial charge in [0.25, 0.3) is 5.91 Å². The lowest BCUT2D eigenvalue weighted by Gasteiger charge is -2.31. The molecule has 174 valence electrons. The minimum atomic E-state index is -0.152. The molecule has 3 aromatic carbocycles. The number of nitrogens with zero attached hydrogens (tertiary/aromatic N) is 1. The second-order valence-corrected chi connectivity index (χ2v) is 9.38. The van der Waals surface area contributed by atoms with Crippen molar-refractivity contribution in [1.82, 2.24) is 4.90 Å². The van der Waals surface area contributed by atoms with Gasteiger partial charge in [-0.3, -0.25) is 14.4 Å². The second kappa shape index (κ2) is 9.29. The monoisotopic (exact) mass is 455 g/mol. The minimum absolute atomic E-state index is 0.0191. The third kappa shape index (κ3) is 4.67. The number of rotatable bonds is 5. The highest BCUT2D eigenvalue weighted by atomic mass is 16.2. The Hall–Kier alpha value is -3.67. The van der Waals surface area contributed by atoms with E-state index in [9.17, 15) is 14.4 Å². The largest absolute Gasteiger partial charge is 0.339 e. The van der Waals surface area contributed by atoms with Crippen LogP contribution < -0.4 is 10.6 Å². The zero-order valence-corrected chi connectivity index (χ0v) is 19.3. The van der Waals surface area contributed by atoms with E-state index in [1.807, 2.05) is 72.5 Å². The van der Waals surface area contributed by atoms with Gasteiger partial charge in [0.15, 0.2) is 0 Å². The van der Waals surface area contributed by atoms with E-state index < -0.39 is 0 Å². The summed E-state index contributed by atoms with van der Waals surface area (Å²) in [5, 5.41) is 7.99. The molecule has 0 radical (unpaired) electrons. The molecule has 1 aliphatic heterocycles. The summed E-state index contributed by atoms with van der Waals surface area (Å²) in [4.78, 5) is 40.1. The maximum atomic E-state index is 13.2. The Morgan fingerprint density at radius 3 is 2.24 bits per heavy atom. The molecule has 5 rings (SSSR count). The van der Waals surface area contributed by atoms with E-state index in [0.717, 1.165) is 29.2 Å². The summed E-state index contributed by atoms with van der Waals surface area (Å²) in [6.07, 6.45) is 3.14. The highest BCUT2D eigenvalue weighted by Gasteiger charge is 2.30. The third-order valence-electron chi connectivity index (χ3n) is 6.88. The van der Waals surface area contributed by atoms with Gasteiger partial charge in [-0.25, -0.2) is 0 Å². The number of carbonyl (C=O) groups excluding carboxylic acids is 3. The van der Waals surface area contributed by atoms with Crippen molar-refractivity contribution in [2.75, 3.05) is 23.7 Å². The number of hydrogen-bond acceptors (Lipinski definition) is 3. The molecular formula is C28H29N3O3. The Balaban J connectivity index is 1.21. The standard InChI is InChI=1S/C28H29N3O3/c1-18-9-12-22(29-26(32)20-10-11-20)17-25(18)30-27(33)21-13-15-31(16-14-21)28(34)24-8-4-6-19-5-2-3-7-23(19)24/h2-9,12,17,20-21H,10-11,13-16H2,1H3,(H,29,32)(H,30,33). The molecule has 2 fully saturated rings. The summed E-state index contributed by atoms with van der Waals surface area (Å²) in [6, 6.07) is 19.3. The van der Waals surface area contributed by atoms with Gasteiger partial charge in [-0.1, -0.05) is 42.5 Å². The molecule has 1 heterocycles. The summed E-state index contributed by atoms with van der Waals surface area (Å²) < 4.78 is 0. The van der Waals surface area contributed by atoms with Crippen LogP contribution in [-0.4, -0.2) is 35.7 Å². The van der Waals surface area contributed by atoms with E-state index in [2.05, 4.69) is 10.6 Å². The molecule has 6 nitrogen and oxygen atoms in total. The van der Waals surface area contributed by atoms with Crippen molar-refractivity contribution < 1.29 is 14.4 Å². The lowest BCUT2D eigenvalue weighted by molar-refractivity contribution is -0.121. The van der Waals surface area contributed by atoms with E-state index in [-0.39, 0.29) is 29.6 Å². The van der Waals surface area contributed by atoms with Crippen molar-refractivity contribution in [2.45, 2.75) is 32.6 Å². The van der Waals surface area contributed by atoms with E-state index >= 15 is 0 Å². The molecule has 1 saturated heterocycles. The van der Waals surface area contributed by atoms with E-state index in [1.54, 1.807) is 0 Å². The number of piperidine rings is 1. The number of aryl methyl sites for hydroxylation is 1. The average Bonchev–Trinajstić information content (AvgIpc) is 3.71. The SMILES string of the molecule is Cc1ccc(NC(=O)C2CC2)cc1NC(=O)C1CCN(C(=O)c2cccc3ccccc23)CC1. The molecule has 1 aliphatic carbocycles. The molecule has 1 saturated carbocycles. The summed E-state index contributed by atoms with van der Waals surface area (Å²) >= 11 is 0. The fourth-order valence-corrected chi connectivity index (χ4v) is 4.59. The third-order valence-corrected chi connectivity index (χ3v) is 6.88. The van der Waals surface area contributed by atoms with E-state index in [0.29, 0.717) is 42.9 Å². The number of anilines is 2. The Labute approximate surface area is 199 Å². The molecule has 2 aliphatic rings. The second-order valence-electron chi connectivity index (χ2n) is 9.38. The van der Waals surface area contributed by atoms with Crippen molar-refractivity contribution in [1.29, 1.82) is 0 Å². The fraction of sp³-hybridized carbons (Fsp3) is 0.321. The number of carbonyl (C=O) groups is 3. The van der Waals surface area contributed by atoms with Gasteiger partial charge in [-0.2, -0.15) is 0 Å². The van der Waals surface area contributed by atoms with Crippen molar-refractivity contribution in [3.63, 3.8) is 0 Å². The molecule has 0 bridgehead atoms. The Morgan fingerprint density at radius 2 is 1.47 bits per heavy atom. The van der Waals surface area contributed by atoms with Gasteiger partial charge < -0.3 is 15.5 Å². The number of nitrogens with one attached hydrogen (secondary N) is 2. The smallest absolute Gasteiger partial charge is 0.254 e. The highest BCUT2D eigenvalue weighted by molar-refractivity contribution is 6.07. The Bertz CT molecular complexity index is 1250. The molecule has 3 amide bonds. The zero-order valence-electron chi connectivity index (χ0n) is 19.3. The number of hydrogen-bond donors (Lipinski definition) is 2. The highest BCUT2D eigenvalue weighted by Crippen LogP contribution is 2.31. The van der Waals surface area contributed by atoms with E-state index in [1.165, 1.54) is 0 Å². The molecule has 0 unspecified atom stereocenters. The number of amides is 3. The molecule has 0 atom stereocenters. The maximum absolute atomic E-state index is 13.2. The first-order valence-corrected chi connectivity index (χ1v) is 12.0. The van der Waals surface area contributed by atoms with Gasteiger partial charge in [-0.15, -0.1) is 0 Å². The van der Waals surface area contributed by atoms with Crippen LogP contribution in [0.15, 0.2) is 60.7 Å². The van der Waals surface area contributed by atoms with Gasteiger partial charge in [0, 0.05) is 41.9 Å². The summed E-state index contributed by atoms with van der Waals surface area (Å²) in [7, 11) is 0. The first kappa shape index (κ1) is 22.1. The molecule has 2 N–H and O–H groups in total. The van der Waals surface area contributed by atoms with E-state index in [4.69, 9.17) is 0 Å². The summed E-state index contributed by atoms with van der Waals surface area (Å²) in [5.41, 5.74) is 3.07. The van der Waals surface area contributed by atoms with Gasteiger partial charge in [0.1, 0.15) is 0 Å². The normalized spacial score (nSPS) is 16.3. The predicted molar refractivity (Wildman–Crippen MR) is 134 cm³/mol. The van der Waals surface area contributed by atoms with Crippen LogP contribution >= 0.6 is 0 Å². The number of likely N-dealkylation sites (tertiary alicyclic amines) is 1. The van der Waals surface area contributed by atoms with Crippen LogP contribution in [0.4, 0.5) is 11.4 Å². The van der Waals surface area contributed by atoms with Crippen molar-refractivity contribution in [3.05, 3.63) is 71.8 Å². The van der Waals surface area contributed by atoms with Crippen LogP contribution in [0.1, 0.15) is 41.6 Å². The minimum Gasteiger partial charge on any atom is -0.339 e. The van der Waals surface area contributed by atoms with Gasteiger partial charge in [-0.05, 0) is 67.1 Å². The van der Waals surface area contributed by atoms with Crippen LogP contribution in [0.3, 0.4) is 0 Å². The number of benzene rings is 3. The van der Waals surface area contributed by atoms with Gasteiger partial charge >= 0.3 is 0 Å². The molecule has 0 spiro atoms. The lowest BCUT2D eigenvalue weighted by atomic mass is 9.94. The van der Waals surface area contributed by atoms with Crippen LogP contribution in [-0.2, 0) is 9.59 Å². The first-order chi connectivity index (χ1) is 16.5. The Morgan fingerprint density at radius 1 is 0.794 bits per heavy atom. The predicted octanol–water partition coefficient (Wildman–Crippen LogP) is 4.99. The maximum Gasteiger partial charge on any atom is 0.254 e. The lowest BCUT2D eigenvalue weighted by Crippen LogP contribution is -2.41. The molecule has 34 heavy (non-hydrogen) atoms. The summed E-state index contributed by atoms with van der Waals surface area (Å²) in [5.74, 6) is 0.00259. The molecular weight excluding hydrogens is 426 g/mol. The van der Waals surface area contributed by atoms with Crippen molar-refractivity contribution in [2.24, 2.45) is 11.8 Å². The molecule has 3 aromatic rings. The number of fused-ring (bicyclic) bond motifs is 1. The topological polar surface area (TPSA) is 78.5 Å². The zero-order chi connectivity index (χ0) is 23.7. The Kier molecular flexibility index (Phi) is 6.05. The average molecular weight is 456 g/mol. The fourth-order valence-electron chi connectivity index (χ4n) is 4.59. The molecule has 6 heteroatoms. The van der Waals surface area contributed by atoms with Gasteiger partial charge in [0.2, 0.25) is 11.8 Å². The van der Waals surface area contributed by atoms with Crippen LogP contribution in [0, 0.1) is 18.8 Å². The van der Waals surface area contributed by atoms with Crippen LogP contribution in [0.25, 0.3) is 10.8 Å². The van der Waals surface area contributed by atoms with Crippen LogP contribution in [0.5, 0.6) is 0 Å².